The maximum absolute atomic E-state index is 11.8. The fourth-order valence-electron chi connectivity index (χ4n) is 0.967. The zero-order chi connectivity index (χ0) is 9.84. The molecule has 0 amide bonds. The molecule has 1 aromatic rings. The van der Waals surface area contributed by atoms with Crippen LogP contribution in [0.3, 0.4) is 0 Å². The summed E-state index contributed by atoms with van der Waals surface area (Å²) < 4.78 is 27.9. The Labute approximate surface area is 75.3 Å². The predicted molar refractivity (Wildman–Crippen MR) is 45.7 cm³/mol. The summed E-state index contributed by atoms with van der Waals surface area (Å²) >= 11 is 0. The molecule has 13 heavy (non-hydrogen) atoms. The Balaban J connectivity index is 2.93. The van der Waals surface area contributed by atoms with E-state index in [0.717, 1.165) is 0 Å². The molecule has 0 atom stereocenters. The maximum Gasteiger partial charge on any atom is 0.387 e. The molecule has 0 aromatic heterocycles. The molecule has 0 aliphatic rings. The second kappa shape index (κ2) is 3.90. The van der Waals surface area contributed by atoms with Gasteiger partial charge in [0.25, 0.3) is 0 Å². The van der Waals surface area contributed by atoms with Crippen molar-refractivity contribution in [3.63, 3.8) is 0 Å². The van der Waals surface area contributed by atoms with Crippen molar-refractivity contribution in [2.75, 3.05) is 0 Å². The summed E-state index contributed by atoms with van der Waals surface area (Å²) in [7, 11) is 0. The second-order valence-electron chi connectivity index (χ2n) is 2.50. The zero-order valence-corrected chi connectivity index (χ0v) is 7.05. The van der Waals surface area contributed by atoms with Gasteiger partial charge in [-0.2, -0.15) is 8.78 Å². The summed E-state index contributed by atoms with van der Waals surface area (Å²) in [4.78, 5) is 0. The first-order valence-corrected chi connectivity index (χ1v) is 3.65. The van der Waals surface area contributed by atoms with Crippen molar-refractivity contribution in [1.29, 1.82) is 0 Å². The van der Waals surface area contributed by atoms with Gasteiger partial charge < -0.3 is 4.74 Å². The van der Waals surface area contributed by atoms with Crippen LogP contribution < -0.4 is 4.74 Å². The number of ether oxygens (including phenoxy) is 1. The molecular weight excluding hydrogens is 174 g/mol. The minimum absolute atomic E-state index is 0.161. The van der Waals surface area contributed by atoms with Crippen molar-refractivity contribution in [2.45, 2.75) is 13.5 Å². The van der Waals surface area contributed by atoms with Crippen LogP contribution in [-0.4, -0.2) is 6.61 Å². The Morgan fingerprint density at radius 3 is 2.62 bits per heavy atom. The first-order chi connectivity index (χ1) is 6.13. The van der Waals surface area contributed by atoms with Gasteiger partial charge in [0, 0.05) is 5.56 Å². The molecule has 0 aliphatic heterocycles. The molecule has 0 N–H and O–H groups in total. The van der Waals surface area contributed by atoms with Crippen LogP contribution in [-0.2, 0) is 0 Å². The molecule has 1 aromatic carbocycles. The third-order valence-electron chi connectivity index (χ3n) is 1.56. The van der Waals surface area contributed by atoms with E-state index in [1.165, 1.54) is 6.07 Å². The minimum atomic E-state index is -2.80. The molecule has 0 spiro atoms. The average molecular weight is 182 g/mol. The van der Waals surface area contributed by atoms with Crippen LogP contribution in [0.4, 0.5) is 8.78 Å². The van der Waals surface area contributed by atoms with Crippen molar-refractivity contribution in [1.82, 2.24) is 0 Å². The highest BCUT2D eigenvalue weighted by molar-refractivity contribution is 5.42. The maximum atomic E-state index is 11.8. The first kappa shape index (κ1) is 9.53. The highest BCUT2D eigenvalue weighted by Crippen LogP contribution is 2.20. The van der Waals surface area contributed by atoms with Crippen LogP contribution in [0, 0.1) is 19.3 Å². The molecule has 0 radical (unpaired) electrons. The zero-order valence-electron chi connectivity index (χ0n) is 7.05. The molecule has 3 heteroatoms. The molecule has 0 bridgehead atoms. The van der Waals surface area contributed by atoms with Gasteiger partial charge >= 0.3 is 6.61 Å². The van der Waals surface area contributed by atoms with Gasteiger partial charge in [0.1, 0.15) is 5.75 Å². The number of benzene rings is 1. The Morgan fingerprint density at radius 2 is 2.15 bits per heavy atom. The molecule has 0 saturated heterocycles. The Kier molecular flexibility index (Phi) is 2.86. The normalized spacial score (nSPS) is 9.77. The second-order valence-corrected chi connectivity index (χ2v) is 2.50. The van der Waals surface area contributed by atoms with E-state index in [0.29, 0.717) is 11.1 Å². The van der Waals surface area contributed by atoms with E-state index in [-0.39, 0.29) is 5.75 Å². The highest BCUT2D eigenvalue weighted by Gasteiger charge is 2.06. The average Bonchev–Trinajstić information content (AvgIpc) is 2.08. The van der Waals surface area contributed by atoms with Crippen molar-refractivity contribution >= 4 is 0 Å². The van der Waals surface area contributed by atoms with E-state index in [9.17, 15) is 8.78 Å². The fraction of sp³-hybridized carbons (Fsp3) is 0.200. The van der Waals surface area contributed by atoms with Gasteiger partial charge in [0.2, 0.25) is 0 Å². The topological polar surface area (TPSA) is 9.23 Å². The third-order valence-corrected chi connectivity index (χ3v) is 1.56. The van der Waals surface area contributed by atoms with E-state index >= 15 is 0 Å². The van der Waals surface area contributed by atoms with Crippen molar-refractivity contribution < 1.29 is 13.5 Å². The van der Waals surface area contributed by atoms with Crippen LogP contribution in [0.5, 0.6) is 5.75 Å². The van der Waals surface area contributed by atoms with Crippen LogP contribution in [0.1, 0.15) is 11.1 Å². The van der Waals surface area contributed by atoms with Gasteiger partial charge in [-0.25, -0.2) is 0 Å². The highest BCUT2D eigenvalue weighted by atomic mass is 19.3. The van der Waals surface area contributed by atoms with Crippen molar-refractivity contribution in [3.8, 4) is 18.1 Å². The molecule has 1 nitrogen and oxygen atoms in total. The molecule has 1 rings (SSSR count). The molecule has 0 aliphatic carbocycles. The fourth-order valence-corrected chi connectivity index (χ4v) is 0.967. The van der Waals surface area contributed by atoms with E-state index < -0.39 is 6.61 Å². The van der Waals surface area contributed by atoms with E-state index in [1.807, 2.05) is 0 Å². The summed E-state index contributed by atoms with van der Waals surface area (Å²) in [5, 5.41) is 0. The number of rotatable bonds is 2. The number of aryl methyl sites for hydroxylation is 1. The monoisotopic (exact) mass is 182 g/mol. The lowest BCUT2D eigenvalue weighted by atomic mass is 10.1. The van der Waals surface area contributed by atoms with Gasteiger partial charge in [-0.15, -0.1) is 6.42 Å². The minimum Gasteiger partial charge on any atom is -0.435 e. The summed E-state index contributed by atoms with van der Waals surface area (Å²) in [6.45, 7) is -1.13. The summed E-state index contributed by atoms with van der Waals surface area (Å²) in [6.07, 6.45) is 5.13. The predicted octanol–water partition coefficient (Wildman–Crippen LogP) is 2.58. The molecule has 0 heterocycles. The molecule has 68 valence electrons. The summed E-state index contributed by atoms with van der Waals surface area (Å²) in [6, 6.07) is 4.62. The number of hydrogen-bond donors (Lipinski definition) is 0. The Hall–Kier alpha value is -1.56. The van der Waals surface area contributed by atoms with Gasteiger partial charge in [-0.05, 0) is 30.7 Å². The van der Waals surface area contributed by atoms with E-state index in [1.54, 1.807) is 19.1 Å². The SMILES string of the molecule is C#Cc1ccc(OC(F)F)c(C)c1. The molecule has 0 fully saturated rings. The standard InChI is InChI=1S/C10H8F2O/c1-3-8-4-5-9(7(2)6-8)13-10(11)12/h1,4-6,10H,2H3. The van der Waals surface area contributed by atoms with E-state index in [2.05, 4.69) is 10.7 Å². The lowest BCUT2D eigenvalue weighted by molar-refractivity contribution is -0.0502. The van der Waals surface area contributed by atoms with Crippen LogP contribution in [0.15, 0.2) is 18.2 Å². The largest absolute Gasteiger partial charge is 0.435 e. The van der Waals surface area contributed by atoms with Crippen LogP contribution in [0.2, 0.25) is 0 Å². The first-order valence-electron chi connectivity index (χ1n) is 3.65. The van der Waals surface area contributed by atoms with Crippen LogP contribution in [0.25, 0.3) is 0 Å². The number of terminal acetylenes is 1. The molecular formula is C10H8F2O. The van der Waals surface area contributed by atoms with Gasteiger partial charge in [0.05, 0.1) is 0 Å². The summed E-state index contributed by atoms with van der Waals surface area (Å²) in [5.41, 5.74) is 1.26. The Bertz CT molecular complexity index is 339. The third kappa shape index (κ3) is 2.45. The number of hydrogen-bond acceptors (Lipinski definition) is 1. The summed E-state index contributed by atoms with van der Waals surface area (Å²) in [5.74, 6) is 2.57. The lowest BCUT2D eigenvalue weighted by Gasteiger charge is -2.07. The lowest BCUT2D eigenvalue weighted by Crippen LogP contribution is -2.03. The smallest absolute Gasteiger partial charge is 0.387 e. The van der Waals surface area contributed by atoms with Gasteiger partial charge in [-0.1, -0.05) is 5.92 Å². The van der Waals surface area contributed by atoms with Gasteiger partial charge in [-0.3, -0.25) is 0 Å². The van der Waals surface area contributed by atoms with Crippen molar-refractivity contribution in [2.24, 2.45) is 0 Å². The molecule has 0 saturated carbocycles. The quantitative estimate of drug-likeness (QED) is 0.639. The molecule has 0 unspecified atom stereocenters. The Morgan fingerprint density at radius 1 is 1.46 bits per heavy atom. The van der Waals surface area contributed by atoms with Gasteiger partial charge in [0.15, 0.2) is 0 Å². The van der Waals surface area contributed by atoms with Crippen LogP contribution >= 0.6 is 0 Å². The number of alkyl halides is 2. The van der Waals surface area contributed by atoms with Crippen molar-refractivity contribution in [3.05, 3.63) is 29.3 Å². The number of halogens is 2. The van der Waals surface area contributed by atoms with E-state index in [4.69, 9.17) is 6.42 Å².